The third-order valence-corrected chi connectivity index (χ3v) is 7.05. The topological polar surface area (TPSA) is 42.3 Å². The highest BCUT2D eigenvalue weighted by Gasteiger charge is 2.34. The Morgan fingerprint density at radius 1 is 0.970 bits per heavy atom. The molecule has 0 atom stereocenters. The average molecular weight is 459 g/mol. The lowest BCUT2D eigenvalue weighted by Crippen LogP contribution is -2.29. The van der Waals surface area contributed by atoms with Crippen molar-refractivity contribution in [2.24, 2.45) is 0 Å². The van der Waals surface area contributed by atoms with Gasteiger partial charge in [-0.1, -0.05) is 56.3 Å². The van der Waals surface area contributed by atoms with Crippen LogP contribution < -0.4 is 0 Å². The van der Waals surface area contributed by atoms with Crippen molar-refractivity contribution in [1.29, 1.82) is 0 Å². The van der Waals surface area contributed by atoms with E-state index in [1.54, 1.807) is 0 Å². The van der Waals surface area contributed by atoms with E-state index in [9.17, 15) is 9.59 Å². The van der Waals surface area contributed by atoms with Gasteiger partial charge in [0.05, 0.1) is 4.91 Å². The molecule has 0 bridgehead atoms. The van der Waals surface area contributed by atoms with E-state index in [1.807, 2.05) is 24.3 Å². The molecule has 3 aromatic rings. The third kappa shape index (κ3) is 4.98. The maximum absolute atomic E-state index is 12.9. The van der Waals surface area contributed by atoms with E-state index in [0.29, 0.717) is 17.4 Å². The Bertz CT molecular complexity index is 1190. The Morgan fingerprint density at radius 3 is 2.33 bits per heavy atom. The summed E-state index contributed by atoms with van der Waals surface area (Å²) in [6, 6.07) is 20.8. The van der Waals surface area contributed by atoms with Crippen LogP contribution in [0.15, 0.2) is 65.6 Å². The zero-order valence-electron chi connectivity index (χ0n) is 19.7. The number of rotatable bonds is 7. The number of imide groups is 1. The summed E-state index contributed by atoms with van der Waals surface area (Å²) in [6.07, 6.45) is 3.47. The van der Waals surface area contributed by atoms with Crippen LogP contribution >= 0.6 is 11.8 Å². The van der Waals surface area contributed by atoms with E-state index in [1.165, 1.54) is 16.0 Å². The molecule has 170 valence electrons. The van der Waals surface area contributed by atoms with Gasteiger partial charge in [0.25, 0.3) is 11.1 Å². The van der Waals surface area contributed by atoms with Gasteiger partial charge in [0, 0.05) is 23.6 Å². The van der Waals surface area contributed by atoms with Crippen molar-refractivity contribution in [1.82, 2.24) is 9.47 Å². The van der Waals surface area contributed by atoms with Crippen LogP contribution in [0.25, 0.3) is 11.8 Å². The maximum atomic E-state index is 12.9. The summed E-state index contributed by atoms with van der Waals surface area (Å²) < 4.78 is 2.19. The molecule has 4 nitrogen and oxygen atoms in total. The van der Waals surface area contributed by atoms with Crippen molar-refractivity contribution in [3.8, 4) is 5.69 Å². The van der Waals surface area contributed by atoms with Crippen LogP contribution in [-0.4, -0.2) is 27.2 Å². The Labute approximate surface area is 200 Å². The van der Waals surface area contributed by atoms with Crippen molar-refractivity contribution < 1.29 is 9.59 Å². The highest BCUT2D eigenvalue weighted by molar-refractivity contribution is 8.18. The monoisotopic (exact) mass is 458 g/mol. The van der Waals surface area contributed by atoms with Gasteiger partial charge in [-0.3, -0.25) is 14.5 Å². The minimum atomic E-state index is -0.191. The van der Waals surface area contributed by atoms with Gasteiger partial charge in [-0.2, -0.15) is 0 Å². The third-order valence-electron chi connectivity index (χ3n) is 6.14. The van der Waals surface area contributed by atoms with Crippen molar-refractivity contribution in [2.75, 3.05) is 6.54 Å². The van der Waals surface area contributed by atoms with E-state index < -0.39 is 0 Å². The smallest absolute Gasteiger partial charge is 0.293 e. The number of benzene rings is 2. The molecule has 0 saturated carbocycles. The van der Waals surface area contributed by atoms with Gasteiger partial charge in [0.1, 0.15) is 0 Å². The summed E-state index contributed by atoms with van der Waals surface area (Å²) in [5.41, 5.74) is 6.74. The first-order valence-corrected chi connectivity index (χ1v) is 12.3. The van der Waals surface area contributed by atoms with Crippen molar-refractivity contribution in [2.45, 2.75) is 46.5 Å². The van der Waals surface area contributed by atoms with E-state index in [0.717, 1.165) is 47.2 Å². The molecule has 2 heterocycles. The van der Waals surface area contributed by atoms with Gasteiger partial charge < -0.3 is 4.57 Å². The zero-order valence-corrected chi connectivity index (χ0v) is 20.5. The summed E-state index contributed by atoms with van der Waals surface area (Å²) in [5, 5.41) is -0.183. The molecule has 1 aliphatic heterocycles. The van der Waals surface area contributed by atoms with Gasteiger partial charge in [-0.25, -0.2) is 0 Å². The second kappa shape index (κ2) is 9.84. The molecule has 0 aliphatic carbocycles. The van der Waals surface area contributed by atoms with Gasteiger partial charge >= 0.3 is 0 Å². The predicted octanol–water partition coefficient (Wildman–Crippen LogP) is 6.89. The number of hydrogen-bond acceptors (Lipinski definition) is 3. The summed E-state index contributed by atoms with van der Waals surface area (Å²) >= 11 is 1.04. The SMILES string of the molecule is Cc1cc(/C=C2/SC(=O)N(CCCc3ccccc3)C2=O)c(C)n1-c1ccc(C(C)C)cc1. The van der Waals surface area contributed by atoms with E-state index >= 15 is 0 Å². The molecule has 1 aromatic heterocycles. The highest BCUT2D eigenvalue weighted by Crippen LogP contribution is 2.34. The fraction of sp³-hybridized carbons (Fsp3) is 0.286. The number of nitrogens with zero attached hydrogens (tertiary/aromatic N) is 2. The van der Waals surface area contributed by atoms with Crippen molar-refractivity contribution in [3.05, 3.63) is 93.6 Å². The molecular weight excluding hydrogens is 428 g/mol. The largest absolute Gasteiger partial charge is 0.318 e. The molecule has 2 aromatic carbocycles. The lowest BCUT2D eigenvalue weighted by molar-refractivity contribution is -0.122. The molecule has 0 unspecified atom stereocenters. The van der Waals surface area contributed by atoms with Gasteiger partial charge in [-0.05, 0) is 85.3 Å². The van der Waals surface area contributed by atoms with Crippen LogP contribution in [-0.2, 0) is 11.2 Å². The molecule has 4 rings (SSSR count). The number of carbonyl (C=O) groups is 2. The number of hydrogen-bond donors (Lipinski definition) is 0. The fourth-order valence-electron chi connectivity index (χ4n) is 4.26. The lowest BCUT2D eigenvalue weighted by Gasteiger charge is -2.12. The van der Waals surface area contributed by atoms with Crippen LogP contribution in [0.4, 0.5) is 4.79 Å². The molecule has 5 heteroatoms. The zero-order chi connectivity index (χ0) is 23.5. The van der Waals surface area contributed by atoms with Crippen molar-refractivity contribution >= 4 is 29.0 Å². The van der Waals surface area contributed by atoms with E-state index in [-0.39, 0.29) is 11.1 Å². The Hall–Kier alpha value is -3.05. The molecule has 0 N–H and O–H groups in total. The Balaban J connectivity index is 1.50. The van der Waals surface area contributed by atoms with Crippen LogP contribution in [0.1, 0.15) is 54.3 Å². The van der Waals surface area contributed by atoms with Crippen LogP contribution in [0, 0.1) is 13.8 Å². The molecule has 2 amide bonds. The lowest BCUT2D eigenvalue weighted by atomic mass is 10.0. The second-order valence-corrected chi connectivity index (χ2v) is 9.82. The first-order chi connectivity index (χ1) is 15.8. The molecule has 0 radical (unpaired) electrons. The summed E-state index contributed by atoms with van der Waals surface area (Å²) in [6.45, 7) is 8.94. The van der Waals surface area contributed by atoms with Crippen LogP contribution in [0.3, 0.4) is 0 Å². The first kappa shape index (κ1) is 23.1. The molecule has 1 saturated heterocycles. The number of amides is 2. The highest BCUT2D eigenvalue weighted by atomic mass is 32.2. The second-order valence-electron chi connectivity index (χ2n) is 8.83. The van der Waals surface area contributed by atoms with Gasteiger partial charge in [0.2, 0.25) is 0 Å². The summed E-state index contributed by atoms with van der Waals surface area (Å²) in [5.74, 6) is 0.300. The average Bonchev–Trinajstić information content (AvgIpc) is 3.23. The minimum Gasteiger partial charge on any atom is -0.318 e. The number of aryl methyl sites for hydroxylation is 2. The van der Waals surface area contributed by atoms with E-state index in [2.05, 4.69) is 74.7 Å². The summed E-state index contributed by atoms with van der Waals surface area (Å²) in [7, 11) is 0. The summed E-state index contributed by atoms with van der Waals surface area (Å²) in [4.78, 5) is 27.3. The predicted molar refractivity (Wildman–Crippen MR) is 137 cm³/mol. The maximum Gasteiger partial charge on any atom is 0.293 e. The first-order valence-electron chi connectivity index (χ1n) is 11.4. The molecule has 1 fully saturated rings. The number of aromatic nitrogens is 1. The van der Waals surface area contributed by atoms with Gasteiger partial charge in [0.15, 0.2) is 0 Å². The van der Waals surface area contributed by atoms with Crippen molar-refractivity contribution in [3.63, 3.8) is 0 Å². The number of thioether (sulfide) groups is 1. The minimum absolute atomic E-state index is 0.183. The normalized spacial score (nSPS) is 15.3. The standard InChI is InChI=1S/C28H30N2O2S/c1-19(2)23-12-14-25(15-13-23)30-20(3)17-24(21(30)4)18-26-27(31)29(28(32)33-26)16-8-11-22-9-6-5-7-10-22/h5-7,9-10,12-15,17-19H,8,11,16H2,1-4H3/b26-18+. The fourth-order valence-corrected chi connectivity index (χ4v) is 5.12. The Kier molecular flexibility index (Phi) is 6.89. The molecule has 0 spiro atoms. The van der Waals surface area contributed by atoms with Crippen LogP contribution in [0.2, 0.25) is 0 Å². The molecule has 33 heavy (non-hydrogen) atoms. The van der Waals surface area contributed by atoms with Crippen LogP contribution in [0.5, 0.6) is 0 Å². The number of carbonyl (C=O) groups excluding carboxylic acids is 2. The van der Waals surface area contributed by atoms with E-state index in [4.69, 9.17) is 0 Å². The Morgan fingerprint density at radius 2 is 1.67 bits per heavy atom. The van der Waals surface area contributed by atoms with Gasteiger partial charge in [-0.15, -0.1) is 0 Å². The quantitative estimate of drug-likeness (QED) is 0.362. The molecular formula is C28H30N2O2S. The molecule has 1 aliphatic rings.